The van der Waals surface area contributed by atoms with Crippen LogP contribution in [0.3, 0.4) is 0 Å². The van der Waals surface area contributed by atoms with Crippen molar-refractivity contribution < 1.29 is 27.5 Å². The summed E-state index contributed by atoms with van der Waals surface area (Å²) < 4.78 is 40.4. The molecule has 5 nitrogen and oxygen atoms in total. The highest BCUT2D eigenvalue weighted by Crippen LogP contribution is 2.24. The third-order valence-electron chi connectivity index (χ3n) is 3.44. The van der Waals surface area contributed by atoms with Gasteiger partial charge in [-0.05, 0) is 31.0 Å². The quantitative estimate of drug-likeness (QED) is 0.831. The molecule has 0 radical (unpaired) electrons. The van der Waals surface area contributed by atoms with Crippen molar-refractivity contribution in [3.8, 4) is 5.75 Å². The largest absolute Gasteiger partial charge is 0.573 e. The number of carbonyl (C=O) groups is 2. The molecule has 0 saturated carbocycles. The first-order valence-electron chi connectivity index (χ1n) is 6.87. The summed E-state index contributed by atoms with van der Waals surface area (Å²) in [6.45, 7) is 0. The Hall–Kier alpha value is -2.51. The molecule has 0 unspecified atom stereocenters. The van der Waals surface area contributed by atoms with E-state index in [4.69, 9.17) is 5.73 Å². The summed E-state index contributed by atoms with van der Waals surface area (Å²) >= 11 is 0. The number of primary amides is 1. The van der Waals surface area contributed by atoms with Gasteiger partial charge in [0.2, 0.25) is 5.91 Å². The molecule has 0 fully saturated rings. The van der Waals surface area contributed by atoms with Crippen LogP contribution in [0.25, 0.3) is 0 Å². The summed E-state index contributed by atoms with van der Waals surface area (Å²) in [5.41, 5.74) is 5.30. The van der Waals surface area contributed by atoms with Crippen molar-refractivity contribution >= 4 is 11.8 Å². The molecule has 0 bridgehead atoms. The van der Waals surface area contributed by atoms with Crippen molar-refractivity contribution in [2.75, 3.05) is 0 Å². The lowest BCUT2D eigenvalue weighted by atomic mass is 9.88. The fraction of sp³-hybridized carbons (Fsp3) is 0.333. The second-order valence-corrected chi connectivity index (χ2v) is 5.11. The molecule has 1 aliphatic carbocycles. The number of benzene rings is 1. The molecule has 8 heteroatoms. The highest BCUT2D eigenvalue weighted by atomic mass is 19.4. The van der Waals surface area contributed by atoms with E-state index < -0.39 is 35.9 Å². The van der Waals surface area contributed by atoms with Crippen LogP contribution in [0.2, 0.25) is 0 Å². The van der Waals surface area contributed by atoms with Crippen LogP contribution in [-0.4, -0.2) is 24.2 Å². The number of halogens is 3. The second-order valence-electron chi connectivity index (χ2n) is 5.11. The van der Waals surface area contributed by atoms with E-state index in [1.165, 1.54) is 12.1 Å². The molecule has 2 rings (SSSR count). The van der Waals surface area contributed by atoms with Crippen molar-refractivity contribution in [2.24, 2.45) is 11.7 Å². The molecule has 124 valence electrons. The number of nitrogens with two attached hydrogens (primary N) is 1. The molecule has 0 saturated heterocycles. The summed E-state index contributed by atoms with van der Waals surface area (Å²) in [4.78, 5) is 23.6. The number of alkyl halides is 3. The van der Waals surface area contributed by atoms with Crippen LogP contribution >= 0.6 is 0 Å². The van der Waals surface area contributed by atoms with Gasteiger partial charge < -0.3 is 15.8 Å². The predicted molar refractivity (Wildman–Crippen MR) is 75.4 cm³/mol. The van der Waals surface area contributed by atoms with Crippen LogP contribution in [0.15, 0.2) is 36.4 Å². The van der Waals surface area contributed by atoms with Crippen molar-refractivity contribution in [1.29, 1.82) is 0 Å². The molecule has 2 atom stereocenters. The van der Waals surface area contributed by atoms with E-state index in [1.54, 1.807) is 6.08 Å². The summed E-state index contributed by atoms with van der Waals surface area (Å²) in [6.07, 6.45) is -0.376. The van der Waals surface area contributed by atoms with Crippen LogP contribution in [-0.2, 0) is 4.79 Å². The number of amides is 2. The van der Waals surface area contributed by atoms with Gasteiger partial charge in [-0.25, -0.2) is 0 Å². The normalized spacial score (nSPS) is 20.8. The smallest absolute Gasteiger partial charge is 0.406 e. The lowest BCUT2D eigenvalue weighted by molar-refractivity contribution is -0.274. The summed E-state index contributed by atoms with van der Waals surface area (Å²) in [5, 5.41) is 2.63. The summed E-state index contributed by atoms with van der Waals surface area (Å²) in [7, 11) is 0. The minimum Gasteiger partial charge on any atom is -0.406 e. The van der Waals surface area contributed by atoms with Gasteiger partial charge in [0.25, 0.3) is 5.91 Å². The molecule has 0 aromatic heterocycles. The van der Waals surface area contributed by atoms with Crippen molar-refractivity contribution in [3.05, 3.63) is 42.0 Å². The molecule has 0 aliphatic heterocycles. The minimum absolute atomic E-state index is 0.00419. The molecule has 1 aromatic rings. The lowest BCUT2D eigenvalue weighted by Gasteiger charge is -2.27. The second kappa shape index (κ2) is 6.72. The lowest BCUT2D eigenvalue weighted by Crippen LogP contribution is -2.46. The first kappa shape index (κ1) is 16.9. The maximum absolute atomic E-state index is 12.2. The van der Waals surface area contributed by atoms with E-state index in [2.05, 4.69) is 10.1 Å². The van der Waals surface area contributed by atoms with Gasteiger partial charge in [0, 0.05) is 11.6 Å². The van der Waals surface area contributed by atoms with Gasteiger partial charge in [-0.3, -0.25) is 9.59 Å². The van der Waals surface area contributed by atoms with E-state index in [-0.39, 0.29) is 5.56 Å². The highest BCUT2D eigenvalue weighted by Gasteiger charge is 2.32. The number of rotatable bonds is 4. The molecule has 2 amide bonds. The van der Waals surface area contributed by atoms with Crippen molar-refractivity contribution in [1.82, 2.24) is 5.32 Å². The Morgan fingerprint density at radius 1 is 1.22 bits per heavy atom. The zero-order chi connectivity index (χ0) is 17.0. The van der Waals surface area contributed by atoms with Crippen LogP contribution < -0.4 is 15.8 Å². The van der Waals surface area contributed by atoms with E-state index in [9.17, 15) is 22.8 Å². The standard InChI is InChI=1S/C15H15F3N2O3/c16-15(17,18)23-10-5-3-4-9(8-10)14(22)20-12-7-2-1-6-11(12)13(19)21/h1-5,8,11-12H,6-7H2,(H2,19,21)(H,20,22)/t11-,12-/m1/s1. The van der Waals surface area contributed by atoms with Crippen molar-refractivity contribution in [3.63, 3.8) is 0 Å². The zero-order valence-corrected chi connectivity index (χ0v) is 12.0. The fourth-order valence-corrected chi connectivity index (χ4v) is 2.37. The van der Waals surface area contributed by atoms with E-state index in [0.717, 1.165) is 12.1 Å². The molecule has 1 aliphatic rings. The Kier molecular flexibility index (Phi) is 4.92. The Morgan fingerprint density at radius 3 is 2.57 bits per heavy atom. The van der Waals surface area contributed by atoms with Gasteiger partial charge in [0.1, 0.15) is 5.75 Å². The number of hydrogen-bond acceptors (Lipinski definition) is 3. The Bertz CT molecular complexity index is 629. The molecule has 23 heavy (non-hydrogen) atoms. The van der Waals surface area contributed by atoms with Crippen LogP contribution in [0, 0.1) is 5.92 Å². The first-order chi connectivity index (χ1) is 10.8. The number of carbonyl (C=O) groups excluding carboxylic acids is 2. The molecule has 0 spiro atoms. The van der Waals surface area contributed by atoms with E-state index in [1.807, 2.05) is 6.08 Å². The SMILES string of the molecule is NC(=O)[C@@H]1CC=CC[C@H]1NC(=O)c1cccc(OC(F)(F)F)c1. The van der Waals surface area contributed by atoms with Crippen LogP contribution in [0.1, 0.15) is 23.2 Å². The van der Waals surface area contributed by atoms with Crippen molar-refractivity contribution in [2.45, 2.75) is 25.2 Å². The fourth-order valence-electron chi connectivity index (χ4n) is 2.37. The molecular formula is C15H15F3N2O3. The Balaban J connectivity index is 2.10. The molecule has 1 aromatic carbocycles. The summed E-state index contributed by atoms with van der Waals surface area (Å²) in [5.74, 6) is -2.16. The number of allylic oxidation sites excluding steroid dienone is 1. The van der Waals surface area contributed by atoms with Gasteiger partial charge >= 0.3 is 6.36 Å². The molecule has 0 heterocycles. The average Bonchev–Trinajstić information content (AvgIpc) is 2.46. The molecule has 3 N–H and O–H groups in total. The van der Waals surface area contributed by atoms with Gasteiger partial charge in [-0.2, -0.15) is 0 Å². The highest BCUT2D eigenvalue weighted by molar-refractivity contribution is 5.95. The summed E-state index contributed by atoms with van der Waals surface area (Å²) in [6, 6.07) is 4.23. The van der Waals surface area contributed by atoms with Crippen LogP contribution in [0.5, 0.6) is 5.75 Å². The number of hydrogen-bond donors (Lipinski definition) is 2. The third kappa shape index (κ3) is 4.73. The van der Waals surface area contributed by atoms with E-state index >= 15 is 0 Å². The maximum atomic E-state index is 12.2. The Morgan fingerprint density at radius 2 is 1.91 bits per heavy atom. The maximum Gasteiger partial charge on any atom is 0.573 e. The Labute approximate surface area is 130 Å². The van der Waals surface area contributed by atoms with E-state index in [0.29, 0.717) is 12.8 Å². The molecular weight excluding hydrogens is 313 g/mol. The van der Waals surface area contributed by atoms with Gasteiger partial charge in [0.05, 0.1) is 5.92 Å². The van der Waals surface area contributed by atoms with Gasteiger partial charge in [0.15, 0.2) is 0 Å². The first-order valence-corrected chi connectivity index (χ1v) is 6.87. The minimum atomic E-state index is -4.83. The number of nitrogens with one attached hydrogen (secondary N) is 1. The van der Waals surface area contributed by atoms with Gasteiger partial charge in [-0.1, -0.05) is 18.2 Å². The predicted octanol–water partition coefficient (Wildman–Crippen LogP) is 2.14. The zero-order valence-electron chi connectivity index (χ0n) is 12.0. The number of ether oxygens (including phenoxy) is 1. The van der Waals surface area contributed by atoms with Crippen LogP contribution in [0.4, 0.5) is 13.2 Å². The monoisotopic (exact) mass is 328 g/mol. The topological polar surface area (TPSA) is 81.4 Å². The van der Waals surface area contributed by atoms with Gasteiger partial charge in [-0.15, -0.1) is 13.2 Å². The third-order valence-corrected chi connectivity index (χ3v) is 3.44. The average molecular weight is 328 g/mol.